The minimum Gasteiger partial charge on any atom is -0.354 e. The predicted octanol–water partition coefficient (Wildman–Crippen LogP) is 2.60. The first-order valence-electron chi connectivity index (χ1n) is 7.88. The zero-order valence-electron chi connectivity index (χ0n) is 13.1. The van der Waals surface area contributed by atoms with Crippen LogP contribution in [0.15, 0.2) is 36.5 Å². The van der Waals surface area contributed by atoms with Crippen LogP contribution in [0.3, 0.4) is 0 Å². The van der Waals surface area contributed by atoms with Gasteiger partial charge in [-0.25, -0.2) is 4.39 Å². The molecule has 2 heterocycles. The van der Waals surface area contributed by atoms with Gasteiger partial charge in [0.1, 0.15) is 5.82 Å². The molecule has 1 fully saturated rings. The molecular weight excluding hydrogens is 331 g/mol. The Morgan fingerprint density at radius 3 is 3.04 bits per heavy atom. The molecule has 1 aliphatic rings. The number of nitrogens with zero attached hydrogens (tertiary/aromatic N) is 3. The molecule has 7 heteroatoms. The number of carbonyl (C=O) groups is 1. The molecule has 0 bridgehead atoms. The highest BCUT2D eigenvalue weighted by Crippen LogP contribution is 2.22. The van der Waals surface area contributed by atoms with Crippen LogP contribution in [-0.4, -0.2) is 35.2 Å². The molecule has 2 aromatic rings. The maximum absolute atomic E-state index is 13.0. The van der Waals surface area contributed by atoms with Crippen molar-refractivity contribution in [2.24, 2.45) is 0 Å². The van der Waals surface area contributed by atoms with E-state index in [1.54, 1.807) is 12.3 Å². The fourth-order valence-electron chi connectivity index (χ4n) is 2.93. The van der Waals surface area contributed by atoms with Crippen LogP contribution in [0.2, 0.25) is 5.02 Å². The number of amides is 1. The molecule has 1 amide bonds. The number of nitrogens with one attached hydrogen (secondary N) is 1. The molecule has 1 atom stereocenters. The zero-order chi connectivity index (χ0) is 16.9. The molecule has 1 N–H and O–H groups in total. The number of hydrogen-bond acceptors (Lipinski definition) is 4. The SMILES string of the molecule is O=C(Cc1ccc(F)cc1Cl)NCC1CCCN1c1cccnn1. The summed E-state index contributed by atoms with van der Waals surface area (Å²) >= 11 is 5.96. The second-order valence-electron chi connectivity index (χ2n) is 5.79. The summed E-state index contributed by atoms with van der Waals surface area (Å²) in [5.41, 5.74) is 0.618. The van der Waals surface area contributed by atoms with Gasteiger partial charge in [-0.05, 0) is 42.7 Å². The van der Waals surface area contributed by atoms with Gasteiger partial charge in [0.05, 0.1) is 6.42 Å². The smallest absolute Gasteiger partial charge is 0.224 e. The number of rotatable bonds is 5. The fourth-order valence-corrected chi connectivity index (χ4v) is 3.16. The number of halogens is 2. The van der Waals surface area contributed by atoms with Gasteiger partial charge in [0.15, 0.2) is 5.82 Å². The molecule has 1 saturated heterocycles. The molecule has 5 nitrogen and oxygen atoms in total. The van der Waals surface area contributed by atoms with Crippen molar-refractivity contribution in [3.63, 3.8) is 0 Å². The second kappa shape index (κ2) is 7.57. The van der Waals surface area contributed by atoms with E-state index in [9.17, 15) is 9.18 Å². The number of benzene rings is 1. The van der Waals surface area contributed by atoms with E-state index in [1.807, 2.05) is 12.1 Å². The highest BCUT2D eigenvalue weighted by atomic mass is 35.5. The first kappa shape index (κ1) is 16.6. The summed E-state index contributed by atoms with van der Waals surface area (Å²) in [7, 11) is 0. The Morgan fingerprint density at radius 2 is 2.29 bits per heavy atom. The number of anilines is 1. The van der Waals surface area contributed by atoms with Gasteiger partial charge in [0.25, 0.3) is 0 Å². The lowest BCUT2D eigenvalue weighted by atomic mass is 10.1. The first-order chi connectivity index (χ1) is 11.6. The molecule has 0 radical (unpaired) electrons. The Kier molecular flexibility index (Phi) is 5.25. The predicted molar refractivity (Wildman–Crippen MR) is 90.5 cm³/mol. The summed E-state index contributed by atoms with van der Waals surface area (Å²) in [6, 6.07) is 8.05. The summed E-state index contributed by atoms with van der Waals surface area (Å²) in [5.74, 6) is 0.292. The van der Waals surface area contributed by atoms with Crippen molar-refractivity contribution >= 4 is 23.3 Å². The van der Waals surface area contributed by atoms with Crippen molar-refractivity contribution in [1.82, 2.24) is 15.5 Å². The van der Waals surface area contributed by atoms with E-state index < -0.39 is 5.82 Å². The Bertz CT molecular complexity index is 713. The molecule has 0 aliphatic carbocycles. The van der Waals surface area contributed by atoms with Gasteiger partial charge in [0.2, 0.25) is 5.91 Å². The summed E-state index contributed by atoms with van der Waals surface area (Å²) in [6.07, 6.45) is 3.83. The summed E-state index contributed by atoms with van der Waals surface area (Å²) in [5, 5.41) is 11.2. The standard InChI is InChI=1S/C17H18ClFN4O/c18-15-10-13(19)6-5-12(15)9-17(24)20-11-14-3-2-8-23(14)16-4-1-7-21-22-16/h1,4-7,10,14H,2-3,8-9,11H2,(H,20,24). The monoisotopic (exact) mass is 348 g/mol. The van der Waals surface area contributed by atoms with Gasteiger partial charge in [-0.2, -0.15) is 5.10 Å². The van der Waals surface area contributed by atoms with E-state index in [-0.39, 0.29) is 23.4 Å². The molecule has 3 rings (SSSR count). The molecular formula is C17H18ClFN4O. The van der Waals surface area contributed by atoms with Crippen molar-refractivity contribution in [3.8, 4) is 0 Å². The van der Waals surface area contributed by atoms with Crippen molar-refractivity contribution in [1.29, 1.82) is 0 Å². The topological polar surface area (TPSA) is 58.1 Å². The van der Waals surface area contributed by atoms with Crippen LogP contribution >= 0.6 is 11.6 Å². The summed E-state index contributed by atoms with van der Waals surface area (Å²) in [4.78, 5) is 14.3. The van der Waals surface area contributed by atoms with Crippen LogP contribution in [-0.2, 0) is 11.2 Å². The van der Waals surface area contributed by atoms with Crippen LogP contribution in [0.4, 0.5) is 10.2 Å². The van der Waals surface area contributed by atoms with E-state index in [4.69, 9.17) is 11.6 Å². The number of hydrogen-bond donors (Lipinski definition) is 1. The third-order valence-electron chi connectivity index (χ3n) is 4.13. The lowest BCUT2D eigenvalue weighted by molar-refractivity contribution is -0.120. The van der Waals surface area contributed by atoms with Gasteiger partial charge in [-0.15, -0.1) is 5.10 Å². The molecule has 1 unspecified atom stereocenters. The Labute approximate surface area is 144 Å². The van der Waals surface area contributed by atoms with E-state index in [1.165, 1.54) is 12.1 Å². The van der Waals surface area contributed by atoms with Crippen LogP contribution in [0, 0.1) is 5.82 Å². The highest BCUT2D eigenvalue weighted by Gasteiger charge is 2.26. The molecule has 0 saturated carbocycles. The van der Waals surface area contributed by atoms with Gasteiger partial charge >= 0.3 is 0 Å². The minimum absolute atomic E-state index is 0.130. The van der Waals surface area contributed by atoms with Crippen LogP contribution < -0.4 is 10.2 Å². The normalized spacial score (nSPS) is 17.1. The van der Waals surface area contributed by atoms with Crippen LogP contribution in [0.25, 0.3) is 0 Å². The zero-order valence-corrected chi connectivity index (χ0v) is 13.8. The molecule has 1 aromatic heterocycles. The Morgan fingerprint density at radius 1 is 1.42 bits per heavy atom. The Hall–Kier alpha value is -2.21. The lowest BCUT2D eigenvalue weighted by Crippen LogP contribution is -2.41. The molecule has 1 aromatic carbocycles. The van der Waals surface area contributed by atoms with E-state index in [2.05, 4.69) is 20.4 Å². The van der Waals surface area contributed by atoms with Crippen LogP contribution in [0.5, 0.6) is 0 Å². The maximum atomic E-state index is 13.0. The third-order valence-corrected chi connectivity index (χ3v) is 4.48. The van der Waals surface area contributed by atoms with Gasteiger partial charge < -0.3 is 10.2 Å². The minimum atomic E-state index is -0.408. The number of carbonyl (C=O) groups excluding carboxylic acids is 1. The average molecular weight is 349 g/mol. The van der Waals surface area contributed by atoms with Crippen molar-refractivity contribution in [2.45, 2.75) is 25.3 Å². The van der Waals surface area contributed by atoms with Gasteiger partial charge in [-0.1, -0.05) is 17.7 Å². The Balaban J connectivity index is 1.56. The van der Waals surface area contributed by atoms with Crippen LogP contribution in [0.1, 0.15) is 18.4 Å². The maximum Gasteiger partial charge on any atom is 0.224 e. The highest BCUT2D eigenvalue weighted by molar-refractivity contribution is 6.31. The van der Waals surface area contributed by atoms with E-state index >= 15 is 0 Å². The van der Waals surface area contributed by atoms with E-state index in [0.29, 0.717) is 12.1 Å². The van der Waals surface area contributed by atoms with Gasteiger partial charge in [-0.3, -0.25) is 4.79 Å². The summed E-state index contributed by atoms with van der Waals surface area (Å²) in [6.45, 7) is 1.44. The lowest BCUT2D eigenvalue weighted by Gasteiger charge is -2.25. The molecule has 1 aliphatic heterocycles. The quantitative estimate of drug-likeness (QED) is 0.902. The molecule has 0 spiro atoms. The first-order valence-corrected chi connectivity index (χ1v) is 8.26. The van der Waals surface area contributed by atoms with Crippen molar-refractivity contribution in [3.05, 3.63) is 52.9 Å². The van der Waals surface area contributed by atoms with Crippen molar-refractivity contribution in [2.75, 3.05) is 18.0 Å². The second-order valence-corrected chi connectivity index (χ2v) is 6.20. The van der Waals surface area contributed by atoms with Gasteiger partial charge in [0, 0.05) is 30.4 Å². The molecule has 126 valence electrons. The average Bonchev–Trinajstić information content (AvgIpc) is 3.05. The summed E-state index contributed by atoms with van der Waals surface area (Å²) < 4.78 is 13.0. The fraction of sp³-hybridized carbons (Fsp3) is 0.353. The molecule has 24 heavy (non-hydrogen) atoms. The van der Waals surface area contributed by atoms with Crippen molar-refractivity contribution < 1.29 is 9.18 Å². The largest absolute Gasteiger partial charge is 0.354 e. The van der Waals surface area contributed by atoms with E-state index in [0.717, 1.165) is 25.2 Å². The number of aromatic nitrogens is 2. The third kappa shape index (κ3) is 4.00.